The number of nitrogens with two attached hydrogens (primary N) is 1. The molecule has 18 heteroatoms. The number of benzene rings is 1. The van der Waals surface area contributed by atoms with E-state index in [0.29, 0.717) is 56.2 Å². The van der Waals surface area contributed by atoms with Gasteiger partial charge in [0, 0.05) is 64.8 Å². The largest absolute Gasteiger partial charge is 0.388 e. The first-order valence-electron chi connectivity index (χ1n) is 15.5. The highest BCUT2D eigenvalue weighted by Crippen LogP contribution is 2.28. The van der Waals surface area contributed by atoms with Gasteiger partial charge >= 0.3 is 0 Å². The standard InChI is InChI=1S/C34H36ClN11O5.ClH/c1-14-20-10-19(42-30(47)18(5)35)6-7-21(20)43-29(14)34(51)46-24-13-41-28(17(24)4)33(50)45-23-12-40-27(16(23)3)32(49)44-22-11-39-26(15(22)2)31(48)38-9-8-25(36)37;/h6-7,10-13,39-41,43H,5,8-9H2,1-4H3,(H3,36,37)(H,38,48)(H,42,47)(H,44,49)(H,45,50)(H,46,51);1H. The molecule has 0 unspecified atom stereocenters. The average Bonchev–Trinajstić information content (AvgIpc) is 3.82. The molecule has 5 rings (SSSR count). The molecule has 272 valence electrons. The zero-order chi connectivity index (χ0) is 37.1. The molecule has 0 atom stereocenters. The number of hydrogen-bond acceptors (Lipinski definition) is 6. The number of aryl methyl sites for hydroxylation is 1. The van der Waals surface area contributed by atoms with Crippen molar-refractivity contribution in [2.24, 2.45) is 5.73 Å². The lowest BCUT2D eigenvalue weighted by molar-refractivity contribution is -0.112. The number of H-pyrrole nitrogens is 4. The third-order valence-corrected chi connectivity index (χ3v) is 8.49. The first-order valence-corrected chi connectivity index (χ1v) is 15.9. The summed E-state index contributed by atoms with van der Waals surface area (Å²) in [6.07, 6.45) is 4.71. The van der Waals surface area contributed by atoms with Gasteiger partial charge in [0.15, 0.2) is 0 Å². The number of anilines is 4. The molecule has 5 aromatic rings. The summed E-state index contributed by atoms with van der Waals surface area (Å²) >= 11 is 5.67. The second kappa shape index (κ2) is 15.7. The monoisotopic (exact) mass is 749 g/mol. The van der Waals surface area contributed by atoms with Crippen LogP contribution >= 0.6 is 24.0 Å². The van der Waals surface area contributed by atoms with Gasteiger partial charge in [0.2, 0.25) is 0 Å². The fourth-order valence-corrected chi connectivity index (χ4v) is 5.41. The number of amidine groups is 1. The van der Waals surface area contributed by atoms with Crippen molar-refractivity contribution in [1.29, 1.82) is 5.41 Å². The van der Waals surface area contributed by atoms with E-state index in [2.05, 4.69) is 53.1 Å². The van der Waals surface area contributed by atoms with E-state index in [1.807, 2.05) is 0 Å². The first kappa shape index (κ1) is 38.5. The van der Waals surface area contributed by atoms with Gasteiger partial charge in [-0.25, -0.2) is 0 Å². The minimum Gasteiger partial charge on any atom is -0.388 e. The normalized spacial score (nSPS) is 10.6. The molecule has 12 N–H and O–H groups in total. The van der Waals surface area contributed by atoms with Crippen molar-refractivity contribution < 1.29 is 24.0 Å². The molecule has 0 bridgehead atoms. The van der Waals surface area contributed by atoms with E-state index >= 15 is 0 Å². The Bertz CT molecular complexity index is 2260. The summed E-state index contributed by atoms with van der Waals surface area (Å²) in [5.41, 5.74) is 10.7. The van der Waals surface area contributed by atoms with Crippen LogP contribution in [0.2, 0.25) is 0 Å². The van der Waals surface area contributed by atoms with Gasteiger partial charge in [-0.1, -0.05) is 18.2 Å². The van der Waals surface area contributed by atoms with Crippen molar-refractivity contribution >= 4 is 93.0 Å². The topological polar surface area (TPSA) is 259 Å². The third kappa shape index (κ3) is 8.03. The molecule has 0 saturated heterocycles. The lowest BCUT2D eigenvalue weighted by Gasteiger charge is -2.08. The number of aromatic amines is 4. The molecule has 5 amide bonds. The van der Waals surface area contributed by atoms with Crippen molar-refractivity contribution in [3.05, 3.63) is 93.4 Å². The van der Waals surface area contributed by atoms with Gasteiger partial charge in [0.05, 0.1) is 27.9 Å². The van der Waals surface area contributed by atoms with Crippen LogP contribution in [0.25, 0.3) is 10.9 Å². The second-order valence-electron chi connectivity index (χ2n) is 11.7. The number of aromatic nitrogens is 4. The zero-order valence-electron chi connectivity index (χ0n) is 28.5. The summed E-state index contributed by atoms with van der Waals surface area (Å²) in [7, 11) is 0. The lowest BCUT2D eigenvalue weighted by Crippen LogP contribution is -2.28. The minimum absolute atomic E-state index is 0. The second-order valence-corrected chi connectivity index (χ2v) is 12.2. The zero-order valence-corrected chi connectivity index (χ0v) is 30.1. The van der Waals surface area contributed by atoms with E-state index in [1.165, 1.54) is 18.6 Å². The van der Waals surface area contributed by atoms with Crippen LogP contribution < -0.4 is 32.3 Å². The van der Waals surface area contributed by atoms with Gasteiger partial charge in [-0.15, -0.1) is 12.4 Å². The van der Waals surface area contributed by atoms with Crippen LogP contribution in [0.1, 0.15) is 70.6 Å². The number of carbonyl (C=O) groups excluding carboxylic acids is 5. The van der Waals surface area contributed by atoms with Crippen molar-refractivity contribution in [2.45, 2.75) is 34.1 Å². The molecule has 4 heterocycles. The molecular weight excluding hydrogens is 713 g/mol. The van der Waals surface area contributed by atoms with E-state index in [0.717, 1.165) is 5.39 Å². The van der Waals surface area contributed by atoms with Crippen molar-refractivity contribution in [3.8, 4) is 0 Å². The smallest absolute Gasteiger partial charge is 0.272 e. The van der Waals surface area contributed by atoms with Crippen LogP contribution in [-0.2, 0) is 4.79 Å². The fourth-order valence-electron chi connectivity index (χ4n) is 5.37. The van der Waals surface area contributed by atoms with Gasteiger partial charge in [0.25, 0.3) is 29.5 Å². The molecule has 0 fully saturated rings. The maximum absolute atomic E-state index is 13.3. The average molecular weight is 751 g/mol. The summed E-state index contributed by atoms with van der Waals surface area (Å²) < 4.78 is 0. The Morgan fingerprint density at radius 3 is 1.65 bits per heavy atom. The summed E-state index contributed by atoms with van der Waals surface area (Å²) in [5.74, 6) is -2.41. The van der Waals surface area contributed by atoms with Gasteiger partial charge in [-0.2, -0.15) is 0 Å². The van der Waals surface area contributed by atoms with E-state index in [-0.39, 0.29) is 53.3 Å². The van der Waals surface area contributed by atoms with Gasteiger partial charge in [-0.3, -0.25) is 29.4 Å². The Labute approximate surface area is 308 Å². The number of fused-ring (bicyclic) bond motifs is 1. The highest BCUT2D eigenvalue weighted by molar-refractivity contribution is 6.43. The van der Waals surface area contributed by atoms with Crippen LogP contribution in [0.3, 0.4) is 0 Å². The van der Waals surface area contributed by atoms with Crippen LogP contribution in [-0.4, -0.2) is 61.9 Å². The number of hydrogen-bond donors (Lipinski definition) is 11. The Balaban J connectivity index is 0.00000605. The van der Waals surface area contributed by atoms with E-state index in [9.17, 15) is 24.0 Å². The predicted octanol–water partition coefficient (Wildman–Crippen LogP) is 5.31. The van der Waals surface area contributed by atoms with E-state index in [1.54, 1.807) is 45.9 Å². The summed E-state index contributed by atoms with van der Waals surface area (Å²) in [6, 6.07) is 5.12. The molecule has 0 spiro atoms. The summed E-state index contributed by atoms with van der Waals surface area (Å²) in [4.78, 5) is 75.9. The minimum atomic E-state index is -0.535. The van der Waals surface area contributed by atoms with E-state index in [4.69, 9.17) is 22.7 Å². The Morgan fingerprint density at radius 2 is 1.19 bits per heavy atom. The van der Waals surface area contributed by atoms with Crippen LogP contribution in [0, 0.1) is 33.1 Å². The lowest BCUT2D eigenvalue weighted by atomic mass is 10.1. The van der Waals surface area contributed by atoms with Crippen molar-refractivity contribution in [3.63, 3.8) is 0 Å². The summed E-state index contributed by atoms with van der Waals surface area (Å²) in [5, 5.41) is 21.5. The van der Waals surface area contributed by atoms with Crippen LogP contribution in [0.5, 0.6) is 0 Å². The Kier molecular flexibility index (Phi) is 11.7. The molecule has 0 aliphatic rings. The molecule has 1 aromatic carbocycles. The highest BCUT2D eigenvalue weighted by Gasteiger charge is 2.23. The molecule has 0 aliphatic heterocycles. The maximum atomic E-state index is 13.3. The number of carbonyl (C=O) groups is 5. The number of halogens is 2. The molecule has 4 aromatic heterocycles. The number of rotatable bonds is 12. The van der Waals surface area contributed by atoms with Crippen molar-refractivity contribution in [1.82, 2.24) is 25.3 Å². The van der Waals surface area contributed by atoms with Gasteiger partial charge in [0.1, 0.15) is 22.8 Å². The molecular formula is C34H37Cl2N11O5. The van der Waals surface area contributed by atoms with Crippen molar-refractivity contribution in [2.75, 3.05) is 27.8 Å². The number of nitrogens with one attached hydrogen (secondary N) is 10. The Morgan fingerprint density at radius 1 is 0.731 bits per heavy atom. The first-order chi connectivity index (χ1) is 24.2. The highest BCUT2D eigenvalue weighted by atomic mass is 35.5. The maximum Gasteiger partial charge on any atom is 0.272 e. The molecule has 0 aliphatic carbocycles. The van der Waals surface area contributed by atoms with Crippen LogP contribution in [0.4, 0.5) is 22.7 Å². The number of amides is 5. The molecule has 0 radical (unpaired) electrons. The molecule has 16 nitrogen and oxygen atoms in total. The van der Waals surface area contributed by atoms with E-state index < -0.39 is 29.5 Å². The SMILES string of the molecule is C=C(Cl)C(=O)Nc1ccc2[nH]c(C(=O)Nc3c[nH]c(C(=O)Nc4c[nH]c(C(=O)Nc5c[nH]c(C(=O)NCCC(=N)N)c5C)c4C)c3C)c(C)c2c1.Cl. The van der Waals surface area contributed by atoms with Gasteiger partial charge < -0.3 is 52.3 Å². The quantitative estimate of drug-likeness (QED) is 0.0457. The van der Waals surface area contributed by atoms with Gasteiger partial charge in [-0.05, 0) is 51.5 Å². The molecule has 52 heavy (non-hydrogen) atoms. The third-order valence-electron chi connectivity index (χ3n) is 8.31. The predicted molar refractivity (Wildman–Crippen MR) is 203 cm³/mol. The Hall–Kier alpha value is -6.26. The fraction of sp³-hybridized carbons (Fsp3) is 0.176. The summed E-state index contributed by atoms with van der Waals surface area (Å²) in [6.45, 7) is 10.4. The van der Waals surface area contributed by atoms with Crippen LogP contribution in [0.15, 0.2) is 48.4 Å². The molecule has 0 saturated carbocycles.